The van der Waals surface area contributed by atoms with Crippen LogP contribution in [0.2, 0.25) is 0 Å². The molecule has 0 aliphatic carbocycles. The highest BCUT2D eigenvalue weighted by Crippen LogP contribution is 2.12. The molecule has 98 valence electrons. The van der Waals surface area contributed by atoms with Crippen LogP contribution in [0.5, 0.6) is 5.75 Å². The van der Waals surface area contributed by atoms with E-state index in [2.05, 4.69) is 5.32 Å². The summed E-state index contributed by atoms with van der Waals surface area (Å²) in [5.41, 5.74) is 0.813. The van der Waals surface area contributed by atoms with Gasteiger partial charge in [0.2, 0.25) is 5.91 Å². The van der Waals surface area contributed by atoms with E-state index in [1.807, 2.05) is 6.92 Å². The van der Waals surface area contributed by atoms with E-state index in [0.29, 0.717) is 6.61 Å². The average molecular weight is 251 g/mol. The molecule has 1 amide bonds. The number of carbonyl (C=O) groups is 2. The second-order valence-electron chi connectivity index (χ2n) is 3.88. The minimum absolute atomic E-state index is 0.157. The van der Waals surface area contributed by atoms with E-state index < -0.39 is 12.0 Å². The minimum atomic E-state index is -1.05. The van der Waals surface area contributed by atoms with Crippen molar-refractivity contribution >= 4 is 11.9 Å². The van der Waals surface area contributed by atoms with Crippen LogP contribution in [-0.2, 0) is 16.0 Å². The molecule has 0 aliphatic heterocycles. The van der Waals surface area contributed by atoms with E-state index in [9.17, 15) is 9.59 Å². The quantitative estimate of drug-likeness (QED) is 0.797. The predicted molar refractivity (Wildman–Crippen MR) is 66.6 cm³/mol. The summed E-state index contributed by atoms with van der Waals surface area (Å²) in [6.07, 6.45) is 0.157. The summed E-state index contributed by atoms with van der Waals surface area (Å²) < 4.78 is 5.28. The molecule has 1 atom stereocenters. The van der Waals surface area contributed by atoms with Crippen LogP contribution >= 0.6 is 0 Å². The number of rotatable bonds is 6. The van der Waals surface area contributed by atoms with Gasteiger partial charge in [-0.1, -0.05) is 12.1 Å². The van der Waals surface area contributed by atoms with E-state index in [-0.39, 0.29) is 12.3 Å². The van der Waals surface area contributed by atoms with Gasteiger partial charge in [-0.05, 0) is 31.5 Å². The Morgan fingerprint density at radius 1 is 1.33 bits per heavy atom. The second-order valence-corrected chi connectivity index (χ2v) is 3.88. The van der Waals surface area contributed by atoms with Crippen LogP contribution in [0.25, 0.3) is 0 Å². The summed E-state index contributed by atoms with van der Waals surface area (Å²) >= 11 is 0. The Morgan fingerprint density at radius 2 is 1.94 bits per heavy atom. The molecule has 2 N–H and O–H groups in total. The molecule has 0 unspecified atom stereocenters. The summed E-state index contributed by atoms with van der Waals surface area (Å²) in [7, 11) is 0. The lowest BCUT2D eigenvalue weighted by Gasteiger charge is -2.09. The van der Waals surface area contributed by atoms with Crippen LogP contribution in [0.1, 0.15) is 19.4 Å². The summed E-state index contributed by atoms with van der Waals surface area (Å²) in [6, 6.07) is 6.27. The third-order valence-electron chi connectivity index (χ3n) is 2.35. The van der Waals surface area contributed by atoms with Gasteiger partial charge in [-0.3, -0.25) is 9.59 Å². The van der Waals surface area contributed by atoms with Gasteiger partial charge in [0, 0.05) is 0 Å². The smallest absolute Gasteiger partial charge is 0.325 e. The SMILES string of the molecule is CCOc1ccc(CC(=O)N[C@@H](C)C(=O)O)cc1. The number of carbonyl (C=O) groups excluding carboxylic acids is 1. The highest BCUT2D eigenvalue weighted by Gasteiger charge is 2.13. The van der Waals surface area contributed by atoms with Crippen LogP contribution in [0.15, 0.2) is 24.3 Å². The first-order chi connectivity index (χ1) is 8.52. The van der Waals surface area contributed by atoms with Gasteiger partial charge >= 0.3 is 5.97 Å². The Hall–Kier alpha value is -2.04. The van der Waals surface area contributed by atoms with Gasteiger partial charge in [-0.2, -0.15) is 0 Å². The molecule has 0 bridgehead atoms. The molecular weight excluding hydrogens is 234 g/mol. The lowest BCUT2D eigenvalue weighted by Crippen LogP contribution is -2.39. The summed E-state index contributed by atoms with van der Waals surface area (Å²) in [6.45, 7) is 3.92. The van der Waals surface area contributed by atoms with Crippen molar-refractivity contribution in [3.63, 3.8) is 0 Å². The number of carboxylic acid groups (broad SMARTS) is 1. The standard InChI is InChI=1S/C13H17NO4/c1-3-18-11-6-4-10(5-7-11)8-12(15)14-9(2)13(16)17/h4-7,9H,3,8H2,1-2H3,(H,14,15)(H,16,17)/t9-/m0/s1. The van der Waals surface area contributed by atoms with E-state index in [0.717, 1.165) is 11.3 Å². The van der Waals surface area contributed by atoms with Crippen molar-refractivity contribution in [3.05, 3.63) is 29.8 Å². The maximum absolute atomic E-state index is 11.5. The van der Waals surface area contributed by atoms with Crippen LogP contribution in [0, 0.1) is 0 Å². The molecule has 5 heteroatoms. The van der Waals surface area contributed by atoms with Crippen molar-refractivity contribution < 1.29 is 19.4 Å². The zero-order valence-corrected chi connectivity index (χ0v) is 10.5. The Kier molecular flexibility index (Phi) is 5.17. The predicted octanol–water partition coefficient (Wildman–Crippen LogP) is 1.22. The Labute approximate surface area is 106 Å². The van der Waals surface area contributed by atoms with Gasteiger partial charge in [-0.25, -0.2) is 0 Å². The van der Waals surface area contributed by atoms with Gasteiger partial charge in [0.15, 0.2) is 0 Å². The van der Waals surface area contributed by atoms with Gasteiger partial charge < -0.3 is 15.2 Å². The van der Waals surface area contributed by atoms with Crippen LogP contribution in [0.4, 0.5) is 0 Å². The van der Waals surface area contributed by atoms with Crippen molar-refractivity contribution in [2.45, 2.75) is 26.3 Å². The molecule has 18 heavy (non-hydrogen) atoms. The zero-order chi connectivity index (χ0) is 13.5. The second kappa shape index (κ2) is 6.64. The molecule has 1 rings (SSSR count). The third kappa shape index (κ3) is 4.45. The summed E-state index contributed by atoms with van der Waals surface area (Å²) in [5, 5.41) is 11.1. The Bertz CT molecular complexity index is 414. The fraction of sp³-hybridized carbons (Fsp3) is 0.385. The van der Waals surface area contributed by atoms with Crippen LogP contribution < -0.4 is 10.1 Å². The largest absolute Gasteiger partial charge is 0.494 e. The molecular formula is C13H17NO4. The molecule has 1 aromatic rings. The van der Waals surface area contributed by atoms with Gasteiger partial charge in [0.05, 0.1) is 13.0 Å². The van der Waals surface area contributed by atoms with E-state index in [1.165, 1.54) is 6.92 Å². The maximum atomic E-state index is 11.5. The third-order valence-corrected chi connectivity index (χ3v) is 2.35. The maximum Gasteiger partial charge on any atom is 0.325 e. The molecule has 0 aromatic heterocycles. The monoisotopic (exact) mass is 251 g/mol. The van der Waals surface area contributed by atoms with E-state index in [4.69, 9.17) is 9.84 Å². The number of hydrogen-bond donors (Lipinski definition) is 2. The first kappa shape index (κ1) is 14.0. The number of ether oxygens (including phenoxy) is 1. The van der Waals surface area contributed by atoms with E-state index in [1.54, 1.807) is 24.3 Å². The number of hydrogen-bond acceptors (Lipinski definition) is 3. The van der Waals surface area contributed by atoms with Crippen molar-refractivity contribution in [2.75, 3.05) is 6.61 Å². The van der Waals surface area contributed by atoms with Crippen molar-refractivity contribution in [1.29, 1.82) is 0 Å². The first-order valence-corrected chi connectivity index (χ1v) is 5.76. The van der Waals surface area contributed by atoms with Gasteiger partial charge in [-0.15, -0.1) is 0 Å². The van der Waals surface area contributed by atoms with Crippen molar-refractivity contribution in [2.24, 2.45) is 0 Å². The molecule has 5 nitrogen and oxygen atoms in total. The fourth-order valence-electron chi connectivity index (χ4n) is 1.41. The van der Waals surface area contributed by atoms with Crippen molar-refractivity contribution in [1.82, 2.24) is 5.32 Å². The number of benzene rings is 1. The lowest BCUT2D eigenvalue weighted by atomic mass is 10.1. The lowest BCUT2D eigenvalue weighted by molar-refractivity contribution is -0.141. The minimum Gasteiger partial charge on any atom is -0.494 e. The molecule has 1 aromatic carbocycles. The fourth-order valence-corrected chi connectivity index (χ4v) is 1.41. The highest BCUT2D eigenvalue weighted by atomic mass is 16.5. The topological polar surface area (TPSA) is 75.6 Å². The number of aliphatic carboxylic acids is 1. The van der Waals surface area contributed by atoms with Gasteiger partial charge in [0.1, 0.15) is 11.8 Å². The molecule has 0 heterocycles. The number of nitrogens with one attached hydrogen (secondary N) is 1. The zero-order valence-electron chi connectivity index (χ0n) is 10.5. The first-order valence-electron chi connectivity index (χ1n) is 5.76. The Balaban J connectivity index is 2.51. The molecule has 0 saturated carbocycles. The van der Waals surface area contributed by atoms with Crippen molar-refractivity contribution in [3.8, 4) is 5.75 Å². The normalized spacial score (nSPS) is 11.7. The Morgan fingerprint density at radius 3 is 2.44 bits per heavy atom. The summed E-state index contributed by atoms with van der Waals surface area (Å²) in [4.78, 5) is 22.1. The molecule has 0 spiro atoms. The van der Waals surface area contributed by atoms with Crippen LogP contribution in [-0.4, -0.2) is 29.6 Å². The molecule has 0 saturated heterocycles. The number of carboxylic acids is 1. The molecule has 0 aliphatic rings. The summed E-state index contributed by atoms with van der Waals surface area (Å²) in [5.74, 6) is -0.607. The molecule has 0 radical (unpaired) electrons. The molecule has 0 fully saturated rings. The highest BCUT2D eigenvalue weighted by molar-refractivity contribution is 5.84. The van der Waals surface area contributed by atoms with Gasteiger partial charge in [0.25, 0.3) is 0 Å². The van der Waals surface area contributed by atoms with Crippen LogP contribution in [0.3, 0.4) is 0 Å². The number of amides is 1. The van der Waals surface area contributed by atoms with E-state index >= 15 is 0 Å². The average Bonchev–Trinajstić information content (AvgIpc) is 2.31.